The topological polar surface area (TPSA) is 55.7 Å². The van der Waals surface area contributed by atoms with Crippen molar-refractivity contribution in [2.45, 2.75) is 10.8 Å². The molecule has 0 N–H and O–H groups in total. The summed E-state index contributed by atoms with van der Waals surface area (Å²) in [6.45, 7) is 0. The van der Waals surface area contributed by atoms with E-state index in [1.54, 1.807) is 12.4 Å². The molecule has 1 unspecified atom stereocenters. The zero-order valence-electron chi connectivity index (χ0n) is 13.4. The lowest BCUT2D eigenvalue weighted by atomic mass is 10.1. The van der Waals surface area contributed by atoms with Gasteiger partial charge in [0.15, 0.2) is 5.03 Å². The predicted octanol–water partition coefficient (Wildman–Crippen LogP) is 4.00. The third kappa shape index (κ3) is 3.32. The van der Waals surface area contributed by atoms with Crippen LogP contribution in [0.4, 0.5) is 0 Å². The predicted molar refractivity (Wildman–Crippen MR) is 99.3 cm³/mol. The molecule has 0 aliphatic heterocycles. The molecule has 0 aliphatic carbocycles. The third-order valence-corrected chi connectivity index (χ3v) is 5.16. The Morgan fingerprint density at radius 1 is 0.760 bits per heavy atom. The van der Waals surface area contributed by atoms with Crippen LogP contribution in [0.25, 0.3) is 22.3 Å². The maximum absolute atomic E-state index is 13.0. The van der Waals surface area contributed by atoms with Crippen molar-refractivity contribution in [3.05, 3.63) is 84.7 Å². The molecule has 4 nitrogen and oxygen atoms in total. The molecule has 25 heavy (non-hydrogen) atoms. The molecule has 0 spiro atoms. The molecule has 0 aliphatic rings. The van der Waals surface area contributed by atoms with Crippen LogP contribution < -0.4 is 0 Å². The summed E-state index contributed by atoms with van der Waals surface area (Å²) in [7, 11) is -1.30. The number of nitrogens with zero attached hydrogens (tertiary/aromatic N) is 3. The molecule has 2 heterocycles. The summed E-state index contributed by atoms with van der Waals surface area (Å²) in [5.41, 5.74) is 4.10. The molecule has 0 bridgehead atoms. The van der Waals surface area contributed by atoms with Crippen LogP contribution in [0.1, 0.15) is 5.56 Å². The lowest BCUT2D eigenvalue weighted by Gasteiger charge is -2.10. The smallest absolute Gasteiger partial charge is 0.154 e. The van der Waals surface area contributed by atoms with E-state index in [2.05, 4.69) is 9.97 Å². The van der Waals surface area contributed by atoms with Gasteiger partial charge in [-0.1, -0.05) is 42.5 Å². The van der Waals surface area contributed by atoms with E-state index in [-0.39, 0.29) is 0 Å². The Morgan fingerprint density at radius 3 is 2.12 bits per heavy atom. The van der Waals surface area contributed by atoms with Gasteiger partial charge in [-0.3, -0.25) is 9.19 Å². The van der Waals surface area contributed by atoms with Crippen molar-refractivity contribution in [2.75, 3.05) is 0 Å². The molecule has 4 rings (SSSR count). The number of hydrogen-bond donors (Lipinski definition) is 0. The largest absolute Gasteiger partial charge is 0.265 e. The van der Waals surface area contributed by atoms with Gasteiger partial charge in [0.25, 0.3) is 0 Å². The molecule has 0 amide bonds. The molecule has 0 saturated carbocycles. The van der Waals surface area contributed by atoms with Crippen LogP contribution in [0, 0.1) is 0 Å². The van der Waals surface area contributed by atoms with Crippen LogP contribution in [0.5, 0.6) is 0 Å². The number of fused-ring (bicyclic) bond motifs is 1. The van der Waals surface area contributed by atoms with Crippen molar-refractivity contribution in [2.24, 2.45) is 0 Å². The Bertz CT molecular complexity index is 1040. The minimum atomic E-state index is -1.30. The lowest BCUT2D eigenvalue weighted by molar-refractivity contribution is 0.680. The Hall–Kier alpha value is -2.92. The average molecular weight is 345 g/mol. The van der Waals surface area contributed by atoms with Gasteiger partial charge in [-0.15, -0.1) is 0 Å². The number of pyridine rings is 1. The number of rotatable bonds is 4. The van der Waals surface area contributed by atoms with Crippen molar-refractivity contribution < 1.29 is 4.21 Å². The van der Waals surface area contributed by atoms with Crippen LogP contribution in [-0.2, 0) is 16.6 Å². The van der Waals surface area contributed by atoms with Crippen molar-refractivity contribution in [1.29, 1.82) is 0 Å². The number of hydrogen-bond acceptors (Lipinski definition) is 4. The fraction of sp³-hybridized carbons (Fsp3) is 0.0500. The average Bonchev–Trinajstić information content (AvgIpc) is 2.68. The van der Waals surface area contributed by atoms with Gasteiger partial charge in [0.2, 0.25) is 0 Å². The zero-order valence-corrected chi connectivity index (χ0v) is 14.2. The summed E-state index contributed by atoms with van der Waals surface area (Å²) < 4.78 is 13.0. The summed E-state index contributed by atoms with van der Waals surface area (Å²) in [6.07, 6.45) is 3.41. The van der Waals surface area contributed by atoms with E-state index in [1.165, 1.54) is 0 Å². The zero-order chi connectivity index (χ0) is 17.1. The Morgan fingerprint density at radius 2 is 1.40 bits per heavy atom. The highest BCUT2D eigenvalue weighted by atomic mass is 32.2. The first-order valence-corrected chi connectivity index (χ1v) is 9.22. The van der Waals surface area contributed by atoms with E-state index in [1.807, 2.05) is 66.7 Å². The molecule has 4 aromatic rings. The second-order valence-corrected chi connectivity index (χ2v) is 6.94. The van der Waals surface area contributed by atoms with E-state index >= 15 is 0 Å². The van der Waals surface area contributed by atoms with E-state index in [9.17, 15) is 4.21 Å². The fourth-order valence-corrected chi connectivity index (χ4v) is 3.84. The van der Waals surface area contributed by atoms with Crippen LogP contribution >= 0.6 is 0 Å². The number of aromatic nitrogens is 3. The Labute approximate surface area is 148 Å². The molecule has 0 fully saturated rings. The first kappa shape index (κ1) is 15.6. The van der Waals surface area contributed by atoms with Gasteiger partial charge in [-0.2, -0.15) is 0 Å². The second-order valence-electron chi connectivity index (χ2n) is 5.58. The summed E-state index contributed by atoms with van der Waals surface area (Å²) in [4.78, 5) is 13.4. The SMILES string of the molecule is O=S(Cc1ccncc1)c1nc2ccccc2nc1-c1ccccc1. The van der Waals surface area contributed by atoms with Crippen molar-refractivity contribution in [1.82, 2.24) is 15.0 Å². The fourth-order valence-electron chi connectivity index (χ4n) is 2.63. The van der Waals surface area contributed by atoms with E-state index in [0.29, 0.717) is 16.5 Å². The quantitative estimate of drug-likeness (QED) is 0.561. The highest BCUT2D eigenvalue weighted by Crippen LogP contribution is 2.26. The standard InChI is InChI=1S/C20H15N3OS/c24-25(14-15-10-12-21-13-11-15)20-19(16-6-2-1-3-7-16)22-17-8-4-5-9-18(17)23-20/h1-13H,14H2. The number of benzene rings is 2. The molecule has 1 atom stereocenters. The van der Waals surface area contributed by atoms with Gasteiger partial charge in [0.05, 0.1) is 27.6 Å². The Balaban J connectivity index is 1.84. The summed E-state index contributed by atoms with van der Waals surface area (Å²) in [5, 5.41) is 0.515. The van der Waals surface area contributed by atoms with Gasteiger partial charge in [0, 0.05) is 18.0 Å². The van der Waals surface area contributed by atoms with Crippen LogP contribution in [0.2, 0.25) is 0 Å². The minimum absolute atomic E-state index is 0.384. The van der Waals surface area contributed by atoms with Crippen LogP contribution in [0.15, 0.2) is 84.1 Å². The minimum Gasteiger partial charge on any atom is -0.265 e. The second kappa shape index (κ2) is 6.91. The van der Waals surface area contributed by atoms with Crippen LogP contribution in [-0.4, -0.2) is 19.2 Å². The van der Waals surface area contributed by atoms with Gasteiger partial charge in [-0.05, 0) is 29.8 Å². The number of para-hydroxylation sites is 2. The van der Waals surface area contributed by atoms with E-state index < -0.39 is 10.8 Å². The lowest BCUT2D eigenvalue weighted by Crippen LogP contribution is -2.04. The van der Waals surface area contributed by atoms with Crippen molar-refractivity contribution in [3.63, 3.8) is 0 Å². The monoisotopic (exact) mass is 345 g/mol. The third-order valence-electron chi connectivity index (χ3n) is 3.85. The summed E-state index contributed by atoms with van der Waals surface area (Å²) in [5.74, 6) is 0.384. The molecule has 2 aromatic carbocycles. The van der Waals surface area contributed by atoms with Gasteiger partial charge in [-0.25, -0.2) is 9.97 Å². The van der Waals surface area contributed by atoms with E-state index in [0.717, 1.165) is 22.2 Å². The molecular weight excluding hydrogens is 330 g/mol. The van der Waals surface area contributed by atoms with Crippen molar-refractivity contribution in [3.8, 4) is 11.3 Å². The van der Waals surface area contributed by atoms with Crippen LogP contribution in [0.3, 0.4) is 0 Å². The maximum Gasteiger partial charge on any atom is 0.154 e. The normalized spacial score (nSPS) is 12.2. The molecule has 122 valence electrons. The Kier molecular flexibility index (Phi) is 4.31. The van der Waals surface area contributed by atoms with Gasteiger partial charge in [0.1, 0.15) is 5.69 Å². The molecule has 0 saturated heterocycles. The molecule has 0 radical (unpaired) electrons. The van der Waals surface area contributed by atoms with Gasteiger partial charge >= 0.3 is 0 Å². The molecule has 5 heteroatoms. The maximum atomic E-state index is 13.0. The highest BCUT2D eigenvalue weighted by molar-refractivity contribution is 7.84. The molecular formula is C20H15N3OS. The van der Waals surface area contributed by atoms with Crippen molar-refractivity contribution >= 4 is 21.8 Å². The highest BCUT2D eigenvalue weighted by Gasteiger charge is 2.17. The summed E-state index contributed by atoms with van der Waals surface area (Å²) >= 11 is 0. The summed E-state index contributed by atoms with van der Waals surface area (Å²) in [6, 6.07) is 21.2. The van der Waals surface area contributed by atoms with Gasteiger partial charge < -0.3 is 0 Å². The first-order chi connectivity index (χ1) is 12.3. The first-order valence-electron chi connectivity index (χ1n) is 7.91. The van der Waals surface area contributed by atoms with E-state index in [4.69, 9.17) is 4.98 Å². The molecule has 2 aromatic heterocycles.